The number of hydrogen-bond donors (Lipinski definition) is 5. The molecule has 0 saturated carbocycles. The summed E-state index contributed by atoms with van der Waals surface area (Å²) in [4.78, 5) is 48.3. The maximum absolute atomic E-state index is 12.9. The molecule has 0 saturated heterocycles. The van der Waals surface area contributed by atoms with Gasteiger partial charge in [0.25, 0.3) is 11.8 Å². The van der Waals surface area contributed by atoms with Gasteiger partial charge >= 0.3 is 0 Å². The number of carbonyl (C=O) groups is 4. The van der Waals surface area contributed by atoms with E-state index in [0.717, 1.165) is 24.2 Å². The first kappa shape index (κ1) is 53.5. The molecule has 0 atom stereocenters. The van der Waals surface area contributed by atoms with Gasteiger partial charge in [0.1, 0.15) is 40.2 Å². The molecule has 0 spiro atoms. The van der Waals surface area contributed by atoms with Gasteiger partial charge in [-0.1, -0.05) is 51.0 Å². The lowest BCUT2D eigenvalue weighted by Gasteiger charge is -2.15. The van der Waals surface area contributed by atoms with Crippen molar-refractivity contribution in [1.29, 1.82) is 0 Å². The molecule has 5 aromatic carbocycles. The molecule has 73 heavy (non-hydrogen) atoms. The average molecular weight is 999 g/mol. The number of ether oxygens (including phenoxy) is 5. The Labute approximate surface area is 421 Å². The first-order chi connectivity index (χ1) is 35.4. The number of ketones is 2. The van der Waals surface area contributed by atoms with E-state index in [9.17, 15) is 29.4 Å². The van der Waals surface area contributed by atoms with Crippen LogP contribution < -0.4 is 34.3 Å². The molecule has 382 valence electrons. The first-order valence-electron chi connectivity index (χ1n) is 23.6. The number of phenolic OH excluding ortho intramolecular Hbond substituents is 2. The maximum Gasteiger partial charge on any atom is 0.295 e. The van der Waals surface area contributed by atoms with E-state index in [1.54, 1.807) is 79.9 Å². The number of benzene rings is 5. The minimum atomic E-state index is -0.456. The second-order valence-electron chi connectivity index (χ2n) is 16.3. The fourth-order valence-corrected chi connectivity index (χ4v) is 7.26. The number of Topliss-reactive ketones (excluding diaryl/α,β-unsaturated/α-hetero) is 2. The van der Waals surface area contributed by atoms with Crippen LogP contribution in [0.1, 0.15) is 112 Å². The summed E-state index contributed by atoms with van der Waals surface area (Å²) in [5.41, 5.74) is 3.88. The molecule has 0 aliphatic rings. The molecule has 0 unspecified atom stereocenters. The Morgan fingerprint density at radius 2 is 1.14 bits per heavy atom. The summed E-state index contributed by atoms with van der Waals surface area (Å²) in [6, 6.07) is 28.0. The van der Waals surface area contributed by atoms with E-state index in [1.165, 1.54) is 18.5 Å². The van der Waals surface area contributed by atoms with Crippen LogP contribution >= 0.6 is 0 Å². The van der Waals surface area contributed by atoms with Crippen molar-refractivity contribution in [3.63, 3.8) is 0 Å². The van der Waals surface area contributed by atoms with E-state index >= 15 is 0 Å². The average Bonchev–Trinajstić information content (AvgIpc) is 4.10. The van der Waals surface area contributed by atoms with Crippen molar-refractivity contribution < 1.29 is 53.1 Å². The van der Waals surface area contributed by atoms with Crippen molar-refractivity contribution in [1.82, 2.24) is 40.8 Å². The number of nitrogens with one attached hydrogen (secondary N) is 3. The SMILES string of the molecule is CCCc1c(OCCCOc2cccc(NC(=O)c3nnn[nH]3)c2)ccc(C(C)=O)c1O.CCCc1c(OCCCOc2cccc(NC(=O)c3nnnn3Cc3ccc(OC)cc3)c2)ccc(C(C)=O)c1O. The molecule has 0 bridgehead atoms. The van der Waals surface area contributed by atoms with Crippen LogP contribution in [-0.4, -0.2) is 108 Å². The van der Waals surface area contributed by atoms with Crippen LogP contribution in [0.3, 0.4) is 0 Å². The lowest BCUT2D eigenvalue weighted by Crippen LogP contribution is -2.19. The standard InChI is InChI=1S/C30H33N5O6.C22H25N5O5/c1-4-7-26-27(15-14-25(20(2)36)28(26)37)41-17-6-16-40-24-9-5-8-22(18-24)31-30(38)29-32-33-34-35(29)19-21-10-12-23(39-3)13-11-21;1-3-6-18-19(10-9-17(14(2)28)20(18)29)32-12-5-11-31-16-8-4-7-15(13-16)23-22(30)21-24-26-27-25-21/h5,8-15,18,37H,4,6-7,16-17,19H2,1-3H3,(H,31,38);4,7-10,13,29H,3,5-6,11-12H2,1-2H3,(H,23,30)(H,24,25,26,27). The molecule has 21 heteroatoms. The second kappa shape index (κ2) is 26.9. The number of anilines is 2. The van der Waals surface area contributed by atoms with Gasteiger partial charge < -0.3 is 44.5 Å². The van der Waals surface area contributed by atoms with E-state index in [2.05, 4.69) is 46.8 Å². The normalized spacial score (nSPS) is 10.6. The first-order valence-corrected chi connectivity index (χ1v) is 23.6. The molecule has 2 heterocycles. The molecular weight excluding hydrogens is 941 g/mol. The number of aromatic amines is 1. The summed E-state index contributed by atoms with van der Waals surface area (Å²) < 4.78 is 29.9. The van der Waals surface area contributed by atoms with E-state index in [1.807, 2.05) is 38.1 Å². The number of aromatic nitrogens is 8. The Bertz CT molecular complexity index is 2940. The summed E-state index contributed by atoms with van der Waals surface area (Å²) in [5.74, 6) is 1.83. The van der Waals surface area contributed by atoms with Crippen LogP contribution in [0.5, 0.6) is 40.2 Å². The molecule has 7 rings (SSSR count). The highest BCUT2D eigenvalue weighted by Crippen LogP contribution is 2.34. The predicted molar refractivity (Wildman–Crippen MR) is 268 cm³/mol. The van der Waals surface area contributed by atoms with Gasteiger partial charge in [-0.15, -0.1) is 10.2 Å². The zero-order chi connectivity index (χ0) is 52.1. The van der Waals surface area contributed by atoms with Crippen molar-refractivity contribution in [3.05, 3.63) is 137 Å². The van der Waals surface area contributed by atoms with Crippen molar-refractivity contribution in [2.75, 3.05) is 44.2 Å². The van der Waals surface area contributed by atoms with Gasteiger partial charge in [0, 0.05) is 47.5 Å². The monoisotopic (exact) mass is 998 g/mol. The Morgan fingerprint density at radius 3 is 1.62 bits per heavy atom. The Kier molecular flexibility index (Phi) is 19.7. The minimum Gasteiger partial charge on any atom is -0.507 e. The fraction of sp³-hybridized carbons (Fsp3) is 0.308. The van der Waals surface area contributed by atoms with Gasteiger partial charge in [0.2, 0.25) is 11.6 Å². The minimum absolute atomic E-state index is 0.00641. The molecule has 2 aromatic heterocycles. The van der Waals surface area contributed by atoms with Crippen LogP contribution in [0.4, 0.5) is 11.4 Å². The number of hydrogen-bond acceptors (Lipinski definition) is 17. The number of nitrogens with zero attached hydrogens (tertiary/aromatic N) is 7. The summed E-state index contributed by atoms with van der Waals surface area (Å²) >= 11 is 0. The van der Waals surface area contributed by atoms with Crippen molar-refractivity contribution in [2.45, 2.75) is 72.8 Å². The molecule has 5 N–H and O–H groups in total. The third-order valence-corrected chi connectivity index (χ3v) is 10.8. The third-order valence-electron chi connectivity index (χ3n) is 10.8. The van der Waals surface area contributed by atoms with Gasteiger partial charge in [-0.05, 0) is 114 Å². The van der Waals surface area contributed by atoms with E-state index in [-0.39, 0.29) is 34.7 Å². The van der Waals surface area contributed by atoms with Crippen molar-refractivity contribution >= 4 is 34.8 Å². The predicted octanol–water partition coefficient (Wildman–Crippen LogP) is 7.85. The van der Waals surface area contributed by atoms with Gasteiger partial charge in [-0.2, -0.15) is 0 Å². The summed E-state index contributed by atoms with van der Waals surface area (Å²) in [7, 11) is 1.60. The molecule has 0 fully saturated rings. The number of amides is 2. The Hall–Kier alpha value is -8.88. The molecule has 0 radical (unpaired) electrons. The molecule has 21 nitrogen and oxygen atoms in total. The molecular formula is C52H58N10O11. The Morgan fingerprint density at radius 1 is 0.616 bits per heavy atom. The highest BCUT2D eigenvalue weighted by molar-refractivity contribution is 6.02. The third kappa shape index (κ3) is 15.3. The summed E-state index contributed by atoms with van der Waals surface area (Å²) in [6.07, 6.45) is 4.01. The van der Waals surface area contributed by atoms with Crippen LogP contribution in [0.2, 0.25) is 0 Å². The molecule has 7 aromatic rings. The van der Waals surface area contributed by atoms with E-state index in [4.69, 9.17) is 23.7 Å². The lowest BCUT2D eigenvalue weighted by molar-refractivity contribution is 0.100. The maximum atomic E-state index is 12.9. The van der Waals surface area contributed by atoms with E-state index < -0.39 is 11.8 Å². The molecule has 2 amide bonds. The Balaban J connectivity index is 0.000000246. The van der Waals surface area contributed by atoms with Crippen LogP contribution in [0, 0.1) is 0 Å². The van der Waals surface area contributed by atoms with Gasteiger partial charge in [-0.3, -0.25) is 19.2 Å². The highest BCUT2D eigenvalue weighted by Gasteiger charge is 2.19. The second-order valence-corrected chi connectivity index (χ2v) is 16.3. The van der Waals surface area contributed by atoms with Gasteiger partial charge in [0.15, 0.2) is 11.6 Å². The van der Waals surface area contributed by atoms with Crippen LogP contribution in [0.15, 0.2) is 97.1 Å². The summed E-state index contributed by atoms with van der Waals surface area (Å²) in [6.45, 7) is 8.68. The number of methoxy groups -OCH3 is 1. The summed E-state index contributed by atoms with van der Waals surface area (Å²) in [5, 5.41) is 50.6. The van der Waals surface area contributed by atoms with Crippen LogP contribution in [0.25, 0.3) is 0 Å². The molecule has 0 aliphatic heterocycles. The fourth-order valence-electron chi connectivity index (χ4n) is 7.26. The van der Waals surface area contributed by atoms with Crippen LogP contribution in [-0.2, 0) is 19.4 Å². The highest BCUT2D eigenvalue weighted by atomic mass is 16.5. The lowest BCUT2D eigenvalue weighted by atomic mass is 10.0. The number of aromatic hydroxyl groups is 2. The van der Waals surface area contributed by atoms with Crippen molar-refractivity contribution in [2.24, 2.45) is 0 Å². The van der Waals surface area contributed by atoms with Gasteiger partial charge in [0.05, 0.1) is 51.2 Å². The van der Waals surface area contributed by atoms with Gasteiger partial charge in [-0.25, -0.2) is 9.78 Å². The smallest absolute Gasteiger partial charge is 0.295 e. The van der Waals surface area contributed by atoms with E-state index in [0.29, 0.717) is 115 Å². The number of H-pyrrole nitrogens is 1. The topological polar surface area (TPSA) is 277 Å². The zero-order valence-corrected chi connectivity index (χ0v) is 41.2. The number of phenols is 2. The zero-order valence-electron chi connectivity index (χ0n) is 41.2. The number of carbonyl (C=O) groups excluding carboxylic acids is 4. The van der Waals surface area contributed by atoms with Crippen molar-refractivity contribution in [3.8, 4) is 40.2 Å². The largest absolute Gasteiger partial charge is 0.507 e. The quantitative estimate of drug-likeness (QED) is 0.0269. The number of tetrazole rings is 2. The number of rotatable bonds is 25. The molecule has 0 aliphatic carbocycles.